The van der Waals surface area contributed by atoms with Crippen LogP contribution in [0.5, 0.6) is 0 Å². The van der Waals surface area contributed by atoms with Gasteiger partial charge in [-0.15, -0.1) is 0 Å². The van der Waals surface area contributed by atoms with Crippen LogP contribution < -0.4 is 5.32 Å². The number of carbonyl (C=O) groups is 1. The zero-order valence-electron chi connectivity index (χ0n) is 15.8. The highest BCUT2D eigenvalue weighted by atomic mass is 19.2. The summed E-state index contributed by atoms with van der Waals surface area (Å²) in [7, 11) is 1.54. The second-order valence-corrected chi connectivity index (χ2v) is 7.00. The Bertz CT molecular complexity index is 1100. The zero-order valence-corrected chi connectivity index (χ0v) is 15.8. The maximum absolute atomic E-state index is 14.5. The molecule has 1 fully saturated rings. The van der Waals surface area contributed by atoms with Crippen LogP contribution in [0.25, 0.3) is 22.0 Å². The van der Waals surface area contributed by atoms with Crippen LogP contribution in [0.2, 0.25) is 0 Å². The molecule has 1 amide bonds. The van der Waals surface area contributed by atoms with Gasteiger partial charge in [0.15, 0.2) is 11.6 Å². The van der Waals surface area contributed by atoms with Gasteiger partial charge < -0.3 is 10.1 Å². The Hall–Kier alpha value is -2.93. The van der Waals surface area contributed by atoms with Gasteiger partial charge in [0.25, 0.3) is 5.91 Å². The first-order valence-electron chi connectivity index (χ1n) is 9.37. The van der Waals surface area contributed by atoms with Crippen molar-refractivity contribution in [1.82, 2.24) is 10.3 Å². The fourth-order valence-electron chi connectivity index (χ4n) is 3.95. The van der Waals surface area contributed by atoms with Gasteiger partial charge >= 0.3 is 0 Å². The quantitative estimate of drug-likeness (QED) is 0.655. The van der Waals surface area contributed by atoms with E-state index in [4.69, 9.17) is 4.74 Å². The predicted octanol–water partition coefficient (Wildman–Crippen LogP) is 4.57. The van der Waals surface area contributed by atoms with Crippen molar-refractivity contribution in [2.24, 2.45) is 0 Å². The summed E-state index contributed by atoms with van der Waals surface area (Å²) < 4.78 is 47.5. The third-order valence-corrected chi connectivity index (χ3v) is 5.32. The smallest absolute Gasteiger partial charge is 0.252 e. The van der Waals surface area contributed by atoms with E-state index in [0.717, 1.165) is 24.5 Å². The van der Waals surface area contributed by atoms with Gasteiger partial charge in [0, 0.05) is 49.0 Å². The number of fused-ring (bicyclic) bond motifs is 1. The summed E-state index contributed by atoms with van der Waals surface area (Å²) in [5, 5.41) is 3.29. The molecule has 4 nitrogen and oxygen atoms in total. The van der Waals surface area contributed by atoms with Gasteiger partial charge in [-0.1, -0.05) is 18.2 Å². The highest BCUT2D eigenvalue weighted by Crippen LogP contribution is 2.38. The minimum atomic E-state index is -1.26. The van der Waals surface area contributed by atoms with Crippen molar-refractivity contribution in [1.29, 1.82) is 0 Å². The number of ether oxygens (including phenoxy) is 1. The molecule has 0 aliphatic carbocycles. The van der Waals surface area contributed by atoms with Gasteiger partial charge in [-0.25, -0.2) is 13.2 Å². The summed E-state index contributed by atoms with van der Waals surface area (Å²) in [5.41, 5.74) is 1.71. The molecule has 0 saturated carbocycles. The fourth-order valence-corrected chi connectivity index (χ4v) is 3.95. The number of nitrogens with zero attached hydrogens (tertiary/aromatic N) is 1. The molecular weight excluding hydrogens is 381 g/mol. The molecule has 2 aromatic carbocycles. The third-order valence-electron chi connectivity index (χ3n) is 5.32. The van der Waals surface area contributed by atoms with Crippen LogP contribution in [0.1, 0.15) is 34.7 Å². The lowest BCUT2D eigenvalue weighted by Crippen LogP contribution is -2.23. The number of hydrogen-bond acceptors (Lipinski definition) is 3. The van der Waals surface area contributed by atoms with Crippen molar-refractivity contribution < 1.29 is 22.7 Å². The number of halogens is 3. The summed E-state index contributed by atoms with van der Waals surface area (Å²) in [6.07, 6.45) is 2.91. The number of carbonyl (C=O) groups excluding carboxylic acids is 1. The van der Waals surface area contributed by atoms with Crippen LogP contribution in [-0.2, 0) is 4.74 Å². The van der Waals surface area contributed by atoms with Gasteiger partial charge in [0.2, 0.25) is 0 Å². The molecule has 7 heteroatoms. The fraction of sp³-hybridized carbons (Fsp3) is 0.273. The van der Waals surface area contributed by atoms with Crippen molar-refractivity contribution in [3.63, 3.8) is 0 Å². The highest BCUT2D eigenvalue weighted by molar-refractivity contribution is 6.03. The molecule has 0 bridgehead atoms. The molecule has 4 rings (SSSR count). The Balaban J connectivity index is 2.00. The molecule has 0 spiro atoms. The maximum atomic E-state index is 14.5. The van der Waals surface area contributed by atoms with E-state index in [0.29, 0.717) is 35.7 Å². The van der Waals surface area contributed by atoms with Crippen molar-refractivity contribution in [2.75, 3.05) is 20.3 Å². The van der Waals surface area contributed by atoms with E-state index in [1.54, 1.807) is 25.2 Å². The van der Waals surface area contributed by atoms with Crippen LogP contribution in [0.3, 0.4) is 0 Å². The zero-order chi connectivity index (χ0) is 20.5. The second-order valence-electron chi connectivity index (χ2n) is 7.00. The summed E-state index contributed by atoms with van der Waals surface area (Å²) in [6, 6.07) is 6.51. The van der Waals surface area contributed by atoms with Crippen LogP contribution >= 0.6 is 0 Å². The van der Waals surface area contributed by atoms with Crippen molar-refractivity contribution >= 4 is 16.8 Å². The summed E-state index contributed by atoms with van der Waals surface area (Å²) >= 11 is 0. The van der Waals surface area contributed by atoms with Gasteiger partial charge in [-0.2, -0.15) is 0 Å². The summed E-state index contributed by atoms with van der Waals surface area (Å²) in [5.74, 6) is -3.48. The highest BCUT2D eigenvalue weighted by Gasteiger charge is 2.26. The number of hydrogen-bond donors (Lipinski definition) is 1. The minimum Gasteiger partial charge on any atom is -0.381 e. The molecule has 1 N–H and O–H groups in total. The van der Waals surface area contributed by atoms with Crippen LogP contribution in [-0.4, -0.2) is 31.2 Å². The number of pyridine rings is 1. The van der Waals surface area contributed by atoms with Crippen LogP contribution in [0.15, 0.2) is 36.5 Å². The molecule has 3 aromatic rings. The Kier molecular flexibility index (Phi) is 5.24. The van der Waals surface area contributed by atoms with E-state index in [1.165, 1.54) is 6.20 Å². The lowest BCUT2D eigenvalue weighted by molar-refractivity contribution is 0.0845. The molecule has 150 valence electrons. The van der Waals surface area contributed by atoms with Crippen LogP contribution in [0.4, 0.5) is 13.2 Å². The van der Waals surface area contributed by atoms with E-state index in [1.807, 2.05) is 0 Å². The van der Waals surface area contributed by atoms with Gasteiger partial charge in [-0.3, -0.25) is 9.78 Å². The molecule has 29 heavy (non-hydrogen) atoms. The number of rotatable bonds is 3. The first-order chi connectivity index (χ1) is 14.0. The SMILES string of the molecule is CNC(=O)c1cnc2c(-c3cc(F)cc(F)c3F)cccc2c1C1CCOCC1. The second kappa shape index (κ2) is 7.83. The Morgan fingerprint density at radius 3 is 2.62 bits per heavy atom. The molecular formula is C22H19F3N2O2. The molecule has 1 aromatic heterocycles. The standard InChI is InChI=1S/C22H19F3N2O2/c1-26-22(28)17-11-27-21-14(16-9-13(23)10-18(24)20(16)25)3-2-4-15(21)19(17)12-5-7-29-8-6-12/h2-4,9-12H,5-8H2,1H3,(H,26,28). The van der Waals surface area contributed by atoms with E-state index < -0.39 is 17.5 Å². The Morgan fingerprint density at radius 1 is 1.14 bits per heavy atom. The van der Waals surface area contributed by atoms with Crippen molar-refractivity contribution in [3.8, 4) is 11.1 Å². The molecule has 1 aliphatic heterocycles. The topological polar surface area (TPSA) is 51.2 Å². The number of benzene rings is 2. The van der Waals surface area contributed by atoms with Crippen molar-refractivity contribution in [2.45, 2.75) is 18.8 Å². The first kappa shape index (κ1) is 19.4. The number of aromatic nitrogens is 1. The molecule has 0 unspecified atom stereocenters. The van der Waals surface area contributed by atoms with E-state index in [-0.39, 0.29) is 23.0 Å². The largest absolute Gasteiger partial charge is 0.381 e. The number of amides is 1. The van der Waals surface area contributed by atoms with Gasteiger partial charge in [0.05, 0.1) is 11.1 Å². The first-order valence-corrected chi connectivity index (χ1v) is 9.37. The maximum Gasteiger partial charge on any atom is 0.252 e. The van der Waals surface area contributed by atoms with E-state index >= 15 is 0 Å². The molecule has 0 radical (unpaired) electrons. The molecule has 0 atom stereocenters. The predicted molar refractivity (Wildman–Crippen MR) is 103 cm³/mol. The van der Waals surface area contributed by atoms with Crippen LogP contribution in [0, 0.1) is 17.5 Å². The Morgan fingerprint density at radius 2 is 1.90 bits per heavy atom. The monoisotopic (exact) mass is 400 g/mol. The number of para-hydroxylation sites is 1. The van der Waals surface area contributed by atoms with E-state index in [2.05, 4.69) is 10.3 Å². The lowest BCUT2D eigenvalue weighted by atomic mass is 9.85. The normalized spacial score (nSPS) is 14.9. The summed E-state index contributed by atoms with van der Waals surface area (Å²) in [6.45, 7) is 1.15. The van der Waals surface area contributed by atoms with Gasteiger partial charge in [-0.05, 0) is 30.4 Å². The Labute approximate surface area is 165 Å². The molecule has 1 saturated heterocycles. The molecule has 1 aliphatic rings. The van der Waals surface area contributed by atoms with Crippen molar-refractivity contribution in [3.05, 3.63) is 65.1 Å². The molecule has 2 heterocycles. The minimum absolute atomic E-state index is 0.0610. The average molecular weight is 400 g/mol. The number of nitrogens with one attached hydrogen (secondary N) is 1. The average Bonchev–Trinajstić information content (AvgIpc) is 2.75. The summed E-state index contributed by atoms with van der Waals surface area (Å²) in [4.78, 5) is 16.9. The van der Waals surface area contributed by atoms with E-state index in [9.17, 15) is 18.0 Å². The lowest BCUT2D eigenvalue weighted by Gasteiger charge is -2.26. The third kappa shape index (κ3) is 3.46. The van der Waals surface area contributed by atoms with Gasteiger partial charge in [0.1, 0.15) is 5.82 Å².